The van der Waals surface area contributed by atoms with Gasteiger partial charge in [-0.25, -0.2) is 4.39 Å². The summed E-state index contributed by atoms with van der Waals surface area (Å²) in [5.74, 6) is -1.09. The standard InChI is InChI=1S/C15H22FNO3/c1-5-20-13-10(7-6-8-11(13)16)14(19)17-9-12(18)15(2,3)4/h6-8,12,18H,5,9H2,1-4H3,(H,17,19). The van der Waals surface area contributed by atoms with Crippen molar-refractivity contribution in [3.63, 3.8) is 0 Å². The molecule has 1 amide bonds. The van der Waals surface area contributed by atoms with Gasteiger partial charge in [-0.15, -0.1) is 0 Å². The van der Waals surface area contributed by atoms with Crippen LogP contribution in [0.1, 0.15) is 38.1 Å². The van der Waals surface area contributed by atoms with E-state index in [1.165, 1.54) is 18.2 Å². The Morgan fingerprint density at radius 3 is 2.65 bits per heavy atom. The predicted molar refractivity (Wildman–Crippen MR) is 75.4 cm³/mol. The largest absolute Gasteiger partial charge is 0.490 e. The van der Waals surface area contributed by atoms with E-state index < -0.39 is 17.8 Å². The molecule has 0 bridgehead atoms. The summed E-state index contributed by atoms with van der Waals surface area (Å²) in [5.41, 5.74) is -0.203. The Bertz CT molecular complexity index is 469. The molecule has 5 heteroatoms. The SMILES string of the molecule is CCOc1c(F)cccc1C(=O)NCC(O)C(C)(C)C. The molecule has 1 rings (SSSR count). The topological polar surface area (TPSA) is 58.6 Å². The molecule has 0 aliphatic heterocycles. The third-order valence-electron chi connectivity index (χ3n) is 2.96. The monoisotopic (exact) mass is 283 g/mol. The number of halogens is 1. The molecule has 0 aromatic heterocycles. The van der Waals surface area contributed by atoms with Crippen LogP contribution in [-0.2, 0) is 0 Å². The zero-order valence-corrected chi connectivity index (χ0v) is 12.4. The highest BCUT2D eigenvalue weighted by Gasteiger charge is 2.23. The van der Waals surface area contributed by atoms with Gasteiger partial charge in [0, 0.05) is 6.54 Å². The smallest absolute Gasteiger partial charge is 0.255 e. The van der Waals surface area contributed by atoms with E-state index in [-0.39, 0.29) is 29.9 Å². The molecule has 0 fully saturated rings. The second-order valence-electron chi connectivity index (χ2n) is 5.64. The van der Waals surface area contributed by atoms with Gasteiger partial charge >= 0.3 is 0 Å². The van der Waals surface area contributed by atoms with E-state index >= 15 is 0 Å². The summed E-state index contributed by atoms with van der Waals surface area (Å²) < 4.78 is 18.8. The molecule has 20 heavy (non-hydrogen) atoms. The van der Waals surface area contributed by atoms with Crippen LogP contribution in [-0.4, -0.2) is 30.3 Å². The van der Waals surface area contributed by atoms with Crippen molar-refractivity contribution in [1.29, 1.82) is 0 Å². The lowest BCUT2D eigenvalue weighted by Crippen LogP contribution is -2.39. The van der Waals surface area contributed by atoms with Gasteiger partial charge in [0.25, 0.3) is 5.91 Å². The second kappa shape index (κ2) is 6.70. The minimum absolute atomic E-state index is 0.0576. The van der Waals surface area contributed by atoms with Crippen molar-refractivity contribution in [1.82, 2.24) is 5.32 Å². The van der Waals surface area contributed by atoms with Crippen molar-refractivity contribution in [3.05, 3.63) is 29.6 Å². The van der Waals surface area contributed by atoms with Gasteiger partial charge in [0.2, 0.25) is 0 Å². The number of amides is 1. The van der Waals surface area contributed by atoms with Gasteiger partial charge < -0.3 is 15.2 Å². The summed E-state index contributed by atoms with van der Waals surface area (Å²) >= 11 is 0. The maximum atomic E-state index is 13.6. The van der Waals surface area contributed by atoms with E-state index in [4.69, 9.17) is 4.74 Å². The quantitative estimate of drug-likeness (QED) is 0.872. The van der Waals surface area contributed by atoms with Crippen LogP contribution in [0.25, 0.3) is 0 Å². The summed E-state index contributed by atoms with van der Waals surface area (Å²) in [6.45, 7) is 7.71. The third kappa shape index (κ3) is 4.20. The van der Waals surface area contributed by atoms with Crippen LogP contribution in [0.2, 0.25) is 0 Å². The van der Waals surface area contributed by atoms with E-state index in [2.05, 4.69) is 5.32 Å². The van der Waals surface area contributed by atoms with E-state index in [1.807, 2.05) is 20.8 Å². The molecule has 0 spiro atoms. The summed E-state index contributed by atoms with van der Waals surface area (Å²) in [7, 11) is 0. The highest BCUT2D eigenvalue weighted by atomic mass is 19.1. The van der Waals surface area contributed by atoms with Crippen molar-refractivity contribution in [2.45, 2.75) is 33.8 Å². The fourth-order valence-corrected chi connectivity index (χ4v) is 1.57. The first-order valence-electron chi connectivity index (χ1n) is 6.65. The zero-order chi connectivity index (χ0) is 15.3. The van der Waals surface area contributed by atoms with Crippen LogP contribution in [0.4, 0.5) is 4.39 Å². The Morgan fingerprint density at radius 2 is 2.10 bits per heavy atom. The minimum Gasteiger partial charge on any atom is -0.490 e. The number of rotatable bonds is 5. The molecule has 4 nitrogen and oxygen atoms in total. The molecule has 0 radical (unpaired) electrons. The molecule has 0 aliphatic rings. The Kier molecular flexibility index (Phi) is 5.51. The number of aliphatic hydroxyl groups excluding tert-OH is 1. The Labute approximate surface area is 119 Å². The van der Waals surface area contributed by atoms with Gasteiger partial charge in [-0.3, -0.25) is 4.79 Å². The highest BCUT2D eigenvalue weighted by Crippen LogP contribution is 2.23. The number of hydrogen-bond acceptors (Lipinski definition) is 3. The molecule has 1 unspecified atom stereocenters. The first-order chi connectivity index (χ1) is 9.27. The van der Waals surface area contributed by atoms with Crippen molar-refractivity contribution in [3.8, 4) is 5.75 Å². The second-order valence-corrected chi connectivity index (χ2v) is 5.64. The van der Waals surface area contributed by atoms with Gasteiger partial charge in [0.1, 0.15) is 0 Å². The van der Waals surface area contributed by atoms with Crippen molar-refractivity contribution in [2.24, 2.45) is 5.41 Å². The van der Waals surface area contributed by atoms with Gasteiger partial charge in [0.15, 0.2) is 11.6 Å². The Hall–Kier alpha value is -1.62. The zero-order valence-electron chi connectivity index (χ0n) is 12.4. The number of aliphatic hydroxyl groups is 1. The normalized spacial score (nSPS) is 12.9. The summed E-state index contributed by atoms with van der Waals surface area (Å²) in [6, 6.07) is 4.19. The van der Waals surface area contributed by atoms with Gasteiger partial charge in [-0.1, -0.05) is 26.8 Å². The third-order valence-corrected chi connectivity index (χ3v) is 2.96. The van der Waals surface area contributed by atoms with E-state index in [1.54, 1.807) is 6.92 Å². The Balaban J connectivity index is 2.80. The number of carbonyl (C=O) groups excluding carboxylic acids is 1. The lowest BCUT2D eigenvalue weighted by molar-refractivity contribution is 0.0585. The van der Waals surface area contributed by atoms with Gasteiger partial charge in [0.05, 0.1) is 18.3 Å². The number of hydrogen-bond donors (Lipinski definition) is 2. The molecule has 1 atom stereocenters. The van der Waals surface area contributed by atoms with Crippen molar-refractivity contribution >= 4 is 5.91 Å². The molecule has 112 valence electrons. The molecular formula is C15H22FNO3. The lowest BCUT2D eigenvalue weighted by Gasteiger charge is -2.26. The van der Waals surface area contributed by atoms with Gasteiger partial charge in [-0.2, -0.15) is 0 Å². The number of carbonyl (C=O) groups is 1. The maximum Gasteiger partial charge on any atom is 0.255 e. The minimum atomic E-state index is -0.685. The van der Waals surface area contributed by atoms with Crippen molar-refractivity contribution in [2.75, 3.05) is 13.2 Å². The van der Waals surface area contributed by atoms with E-state index in [0.29, 0.717) is 0 Å². The molecule has 0 saturated carbocycles. The van der Waals surface area contributed by atoms with E-state index in [0.717, 1.165) is 0 Å². The summed E-state index contributed by atoms with van der Waals surface area (Å²) in [6.07, 6.45) is -0.685. The molecule has 0 aliphatic carbocycles. The number of benzene rings is 1. The van der Waals surface area contributed by atoms with Crippen LogP contribution >= 0.6 is 0 Å². The van der Waals surface area contributed by atoms with Crippen LogP contribution in [0.5, 0.6) is 5.75 Å². The number of ether oxygens (including phenoxy) is 1. The number of nitrogens with one attached hydrogen (secondary N) is 1. The Morgan fingerprint density at radius 1 is 1.45 bits per heavy atom. The summed E-state index contributed by atoms with van der Waals surface area (Å²) in [5, 5.41) is 12.5. The molecule has 1 aromatic carbocycles. The average molecular weight is 283 g/mol. The number of para-hydroxylation sites is 1. The van der Waals surface area contributed by atoms with Gasteiger partial charge in [-0.05, 0) is 24.5 Å². The lowest BCUT2D eigenvalue weighted by atomic mass is 9.89. The van der Waals surface area contributed by atoms with Crippen molar-refractivity contribution < 1.29 is 19.0 Å². The first-order valence-corrected chi connectivity index (χ1v) is 6.65. The van der Waals surface area contributed by atoms with Crippen LogP contribution in [0.3, 0.4) is 0 Å². The average Bonchev–Trinajstić information content (AvgIpc) is 2.37. The molecule has 1 aromatic rings. The summed E-state index contributed by atoms with van der Waals surface area (Å²) in [4.78, 5) is 12.1. The fourth-order valence-electron chi connectivity index (χ4n) is 1.57. The predicted octanol–water partition coefficient (Wildman–Crippen LogP) is 2.36. The fraction of sp³-hybridized carbons (Fsp3) is 0.533. The van der Waals surface area contributed by atoms with E-state index in [9.17, 15) is 14.3 Å². The van der Waals surface area contributed by atoms with Crippen LogP contribution < -0.4 is 10.1 Å². The van der Waals surface area contributed by atoms with Crippen LogP contribution in [0, 0.1) is 11.2 Å². The van der Waals surface area contributed by atoms with Crippen LogP contribution in [0.15, 0.2) is 18.2 Å². The maximum absolute atomic E-state index is 13.6. The highest BCUT2D eigenvalue weighted by molar-refractivity contribution is 5.97. The first kappa shape index (κ1) is 16.4. The molecule has 2 N–H and O–H groups in total. The molecular weight excluding hydrogens is 261 g/mol. The molecule has 0 heterocycles. The molecule has 0 saturated heterocycles.